The zero-order valence-corrected chi connectivity index (χ0v) is 16.9. The lowest BCUT2D eigenvalue weighted by molar-refractivity contribution is -0.129. The molecule has 2 aromatic carbocycles. The standard InChI is InChI=1S/C24H19NO6/c1-30-16-8-12(9-17(31-2)23(16)28)19-20-11(10-18(26)25-24(20)29)7-15-13-5-3-4-6-14(13)22(27)21(15)19/h3-6,8-9,19,28H,7,10H2,1-2H3,(H,25,26,29). The third kappa shape index (κ3) is 2.70. The van der Waals surface area contributed by atoms with Crippen molar-refractivity contribution in [1.82, 2.24) is 5.32 Å². The van der Waals surface area contributed by atoms with E-state index in [4.69, 9.17) is 9.47 Å². The van der Waals surface area contributed by atoms with E-state index in [0.29, 0.717) is 34.3 Å². The number of imide groups is 1. The molecule has 2 amide bonds. The molecular formula is C24H19NO6. The number of phenols is 1. The van der Waals surface area contributed by atoms with Crippen molar-refractivity contribution >= 4 is 23.2 Å². The summed E-state index contributed by atoms with van der Waals surface area (Å²) in [6.45, 7) is 0. The van der Waals surface area contributed by atoms with Crippen LogP contribution in [0.3, 0.4) is 0 Å². The number of aromatic hydroxyl groups is 1. The fourth-order valence-corrected chi connectivity index (χ4v) is 4.82. The molecule has 7 nitrogen and oxygen atoms in total. The van der Waals surface area contributed by atoms with Crippen LogP contribution in [0.25, 0.3) is 5.57 Å². The van der Waals surface area contributed by atoms with Crippen molar-refractivity contribution in [3.63, 3.8) is 0 Å². The lowest BCUT2D eigenvalue weighted by Crippen LogP contribution is -2.40. The molecule has 156 valence electrons. The fourth-order valence-electron chi connectivity index (χ4n) is 4.82. The van der Waals surface area contributed by atoms with Crippen LogP contribution in [0.2, 0.25) is 0 Å². The second-order valence-electron chi connectivity index (χ2n) is 7.72. The van der Waals surface area contributed by atoms with E-state index < -0.39 is 11.8 Å². The van der Waals surface area contributed by atoms with Crippen LogP contribution in [0.5, 0.6) is 17.2 Å². The topological polar surface area (TPSA) is 102 Å². The minimum absolute atomic E-state index is 0.0943. The van der Waals surface area contributed by atoms with Crippen molar-refractivity contribution < 1.29 is 29.0 Å². The van der Waals surface area contributed by atoms with Crippen molar-refractivity contribution in [3.8, 4) is 17.2 Å². The maximum atomic E-state index is 13.4. The van der Waals surface area contributed by atoms with Gasteiger partial charge in [-0.2, -0.15) is 0 Å². The van der Waals surface area contributed by atoms with Gasteiger partial charge in [0.25, 0.3) is 5.91 Å². The molecule has 0 saturated heterocycles. The third-order valence-electron chi connectivity index (χ3n) is 6.12. The van der Waals surface area contributed by atoms with Crippen LogP contribution in [0.15, 0.2) is 53.1 Å². The number of hydrogen-bond acceptors (Lipinski definition) is 6. The van der Waals surface area contributed by atoms with Gasteiger partial charge in [-0.3, -0.25) is 19.7 Å². The Morgan fingerprint density at radius 3 is 2.23 bits per heavy atom. The summed E-state index contributed by atoms with van der Waals surface area (Å²) >= 11 is 0. The summed E-state index contributed by atoms with van der Waals surface area (Å²) < 4.78 is 10.6. The van der Waals surface area contributed by atoms with Crippen LogP contribution in [-0.4, -0.2) is 36.9 Å². The number of methoxy groups -OCH3 is 2. The SMILES string of the molecule is COc1cc(C2C3=C(CC(=O)NC3=O)CC3=C2C(=O)c2ccccc23)cc(OC)c1O. The van der Waals surface area contributed by atoms with Crippen LogP contribution < -0.4 is 14.8 Å². The van der Waals surface area contributed by atoms with Gasteiger partial charge in [-0.15, -0.1) is 0 Å². The molecule has 3 aliphatic rings. The number of amides is 2. The number of ketones is 1. The lowest BCUT2D eigenvalue weighted by atomic mass is 9.72. The summed E-state index contributed by atoms with van der Waals surface area (Å²) in [7, 11) is 2.83. The van der Waals surface area contributed by atoms with E-state index in [2.05, 4.69) is 5.32 Å². The van der Waals surface area contributed by atoms with Gasteiger partial charge in [-0.05, 0) is 40.8 Å². The predicted octanol–water partition coefficient (Wildman–Crippen LogP) is 2.89. The van der Waals surface area contributed by atoms with Gasteiger partial charge in [0, 0.05) is 29.0 Å². The number of benzene rings is 2. The van der Waals surface area contributed by atoms with Crippen LogP contribution in [0.1, 0.15) is 40.2 Å². The van der Waals surface area contributed by atoms with E-state index >= 15 is 0 Å². The van der Waals surface area contributed by atoms with E-state index in [1.165, 1.54) is 14.2 Å². The van der Waals surface area contributed by atoms with Crippen LogP contribution in [0, 0.1) is 0 Å². The molecule has 0 radical (unpaired) electrons. The summed E-state index contributed by atoms with van der Waals surface area (Å²) in [4.78, 5) is 38.5. The molecule has 0 spiro atoms. The molecule has 5 rings (SSSR count). The van der Waals surface area contributed by atoms with Gasteiger partial charge in [0.1, 0.15) is 0 Å². The molecule has 7 heteroatoms. The largest absolute Gasteiger partial charge is 0.502 e. The van der Waals surface area contributed by atoms with E-state index in [9.17, 15) is 19.5 Å². The summed E-state index contributed by atoms with van der Waals surface area (Å²) in [5.74, 6) is -1.55. The van der Waals surface area contributed by atoms with Crippen molar-refractivity contribution in [2.24, 2.45) is 0 Å². The molecule has 1 aliphatic heterocycles. The average Bonchev–Trinajstić information content (AvgIpc) is 3.04. The smallest absolute Gasteiger partial charge is 0.254 e. The molecule has 1 unspecified atom stereocenters. The number of nitrogens with one attached hydrogen (secondary N) is 1. The average molecular weight is 417 g/mol. The molecule has 1 atom stereocenters. The molecule has 0 fully saturated rings. The third-order valence-corrected chi connectivity index (χ3v) is 6.12. The zero-order chi connectivity index (χ0) is 21.9. The second-order valence-corrected chi connectivity index (χ2v) is 7.72. The highest BCUT2D eigenvalue weighted by atomic mass is 16.5. The monoisotopic (exact) mass is 417 g/mol. The van der Waals surface area contributed by atoms with Gasteiger partial charge in [0.15, 0.2) is 17.3 Å². The van der Waals surface area contributed by atoms with Gasteiger partial charge in [-0.25, -0.2) is 0 Å². The van der Waals surface area contributed by atoms with Crippen LogP contribution in [-0.2, 0) is 9.59 Å². The maximum Gasteiger partial charge on any atom is 0.254 e. The zero-order valence-electron chi connectivity index (χ0n) is 16.9. The number of phenolic OH excluding ortho intramolecular Hbond substituents is 1. The van der Waals surface area contributed by atoms with Crippen molar-refractivity contribution in [2.75, 3.05) is 14.2 Å². The number of rotatable bonds is 3. The number of Topliss-reactive ketones (excluding diaryl/α,β-unsaturated/α-hetero) is 1. The number of ether oxygens (including phenoxy) is 2. The van der Waals surface area contributed by atoms with Gasteiger partial charge in [0.05, 0.1) is 14.2 Å². The highest BCUT2D eigenvalue weighted by molar-refractivity contribution is 6.24. The Bertz CT molecular complexity index is 1230. The van der Waals surface area contributed by atoms with Crippen molar-refractivity contribution in [2.45, 2.75) is 18.8 Å². The quantitative estimate of drug-likeness (QED) is 0.745. The number of hydrogen-bond donors (Lipinski definition) is 2. The molecule has 0 aromatic heterocycles. The first kappa shape index (κ1) is 19.1. The molecule has 0 saturated carbocycles. The number of allylic oxidation sites excluding steroid dienone is 2. The summed E-state index contributed by atoms with van der Waals surface area (Å²) in [6.07, 6.45) is 0.465. The highest BCUT2D eigenvalue weighted by Crippen LogP contribution is 2.53. The molecule has 2 aromatic rings. The van der Waals surface area contributed by atoms with Crippen LogP contribution in [0.4, 0.5) is 0 Å². The normalized spacial score (nSPS) is 19.7. The molecule has 1 heterocycles. The Kier molecular flexibility index (Phi) is 4.22. The van der Waals surface area contributed by atoms with Gasteiger partial charge < -0.3 is 14.6 Å². The first-order chi connectivity index (χ1) is 14.9. The summed E-state index contributed by atoms with van der Waals surface area (Å²) in [5, 5.41) is 12.7. The molecule has 2 aliphatic carbocycles. The summed E-state index contributed by atoms with van der Waals surface area (Å²) in [5.41, 5.74) is 4.42. The van der Waals surface area contributed by atoms with E-state index in [-0.39, 0.29) is 35.4 Å². The number of carbonyl (C=O) groups excluding carboxylic acids is 3. The number of fused-ring (bicyclic) bond motifs is 2. The Morgan fingerprint density at radius 2 is 1.58 bits per heavy atom. The second kappa shape index (κ2) is 6.84. The Labute approximate surface area is 178 Å². The van der Waals surface area contributed by atoms with Crippen molar-refractivity contribution in [1.29, 1.82) is 0 Å². The number of carbonyl (C=O) groups is 3. The molecule has 2 N–H and O–H groups in total. The van der Waals surface area contributed by atoms with Gasteiger partial charge in [0.2, 0.25) is 11.7 Å². The highest BCUT2D eigenvalue weighted by Gasteiger charge is 2.45. The lowest BCUT2D eigenvalue weighted by Gasteiger charge is -2.32. The Hall–Kier alpha value is -3.87. The Morgan fingerprint density at radius 1 is 0.935 bits per heavy atom. The van der Waals surface area contributed by atoms with Gasteiger partial charge >= 0.3 is 0 Å². The minimum atomic E-state index is -0.713. The maximum absolute atomic E-state index is 13.4. The van der Waals surface area contributed by atoms with E-state index in [1.807, 2.05) is 12.1 Å². The van der Waals surface area contributed by atoms with E-state index in [1.54, 1.807) is 24.3 Å². The first-order valence-corrected chi connectivity index (χ1v) is 9.82. The van der Waals surface area contributed by atoms with Crippen LogP contribution >= 0.6 is 0 Å². The fraction of sp³-hybridized carbons (Fsp3) is 0.208. The minimum Gasteiger partial charge on any atom is -0.502 e. The van der Waals surface area contributed by atoms with Crippen molar-refractivity contribution in [3.05, 3.63) is 69.8 Å². The van der Waals surface area contributed by atoms with Gasteiger partial charge in [-0.1, -0.05) is 24.3 Å². The molecular weight excluding hydrogens is 398 g/mol. The summed E-state index contributed by atoms with van der Waals surface area (Å²) in [6, 6.07) is 10.5. The molecule has 31 heavy (non-hydrogen) atoms. The first-order valence-electron chi connectivity index (χ1n) is 9.82. The predicted molar refractivity (Wildman–Crippen MR) is 111 cm³/mol. The molecule has 0 bridgehead atoms. The Balaban J connectivity index is 1.79. The van der Waals surface area contributed by atoms with E-state index in [0.717, 1.165) is 11.1 Å².